The molecule has 0 saturated heterocycles. The van der Waals surface area contributed by atoms with Crippen LogP contribution in [0.1, 0.15) is 17.3 Å². The number of hydrogen-bond donors (Lipinski definition) is 2. The molecule has 1 heterocycles. The molecule has 9 heteroatoms. The van der Waals surface area contributed by atoms with E-state index in [1.165, 1.54) is 24.4 Å². The smallest absolute Gasteiger partial charge is 0.256 e. The van der Waals surface area contributed by atoms with E-state index in [9.17, 15) is 9.18 Å². The van der Waals surface area contributed by atoms with E-state index < -0.39 is 0 Å². The van der Waals surface area contributed by atoms with Crippen LogP contribution in [0, 0.1) is 5.82 Å². The van der Waals surface area contributed by atoms with Crippen molar-refractivity contribution in [3.8, 4) is 11.6 Å². The fourth-order valence-electron chi connectivity index (χ4n) is 1.75. The number of carbonyl (C=O) groups excluding carboxylic acids is 1. The third kappa shape index (κ3) is 6.78. The fraction of sp³-hybridized carbons (Fsp3) is 0.250. The molecule has 25 heavy (non-hydrogen) atoms. The van der Waals surface area contributed by atoms with Crippen LogP contribution in [0.3, 0.4) is 0 Å². The summed E-state index contributed by atoms with van der Waals surface area (Å²) in [5.41, 5.74) is 0.312. The molecule has 2 N–H and O–H groups in total. The van der Waals surface area contributed by atoms with Gasteiger partial charge in [-0.2, -0.15) is 0 Å². The maximum atomic E-state index is 13.1. The van der Waals surface area contributed by atoms with E-state index in [1.54, 1.807) is 12.1 Å². The molecule has 138 valence electrons. The summed E-state index contributed by atoms with van der Waals surface area (Å²) in [5, 5.41) is 5.84. The number of aromatic nitrogens is 1. The Labute approximate surface area is 166 Å². The molecule has 1 atom stereocenters. The Morgan fingerprint density at radius 2 is 2.08 bits per heavy atom. The lowest BCUT2D eigenvalue weighted by Crippen LogP contribution is -2.37. The van der Waals surface area contributed by atoms with Crippen LogP contribution in [0.5, 0.6) is 11.6 Å². The highest BCUT2D eigenvalue weighted by molar-refractivity contribution is 9.10. The van der Waals surface area contributed by atoms with Gasteiger partial charge in [0.1, 0.15) is 17.1 Å². The van der Waals surface area contributed by atoms with Gasteiger partial charge in [-0.25, -0.2) is 9.37 Å². The highest BCUT2D eigenvalue weighted by Crippen LogP contribution is 2.30. The second-order valence-corrected chi connectivity index (χ2v) is 5.79. The number of carbonyl (C=O) groups is 1. The summed E-state index contributed by atoms with van der Waals surface area (Å²) in [6, 6.07) is 7.46. The molecule has 5 nitrogen and oxygen atoms in total. The largest absolute Gasteiger partial charge is 0.437 e. The number of rotatable bonds is 6. The number of hydrogen-bond acceptors (Lipinski definition) is 4. The first-order valence-electron chi connectivity index (χ1n) is 7.04. The SMILES string of the molecule is CNC(C)CNC(=O)c1cccnc1Oc1ccc(F)cc1Br.Cl.Cl. The summed E-state index contributed by atoms with van der Waals surface area (Å²) in [4.78, 5) is 16.4. The third-order valence-corrected chi connectivity index (χ3v) is 3.80. The van der Waals surface area contributed by atoms with E-state index in [1.807, 2.05) is 14.0 Å². The molecule has 1 aromatic heterocycles. The Balaban J connectivity index is 0.00000288. The molecule has 0 bridgehead atoms. The van der Waals surface area contributed by atoms with E-state index in [4.69, 9.17) is 4.74 Å². The maximum Gasteiger partial charge on any atom is 0.256 e. The van der Waals surface area contributed by atoms with E-state index >= 15 is 0 Å². The first kappa shape index (κ1) is 23.6. The number of benzene rings is 1. The van der Waals surface area contributed by atoms with E-state index in [2.05, 4.69) is 31.5 Å². The minimum atomic E-state index is -0.385. The van der Waals surface area contributed by atoms with Crippen LogP contribution < -0.4 is 15.4 Å². The van der Waals surface area contributed by atoms with E-state index in [0.717, 1.165) is 0 Å². The molecule has 0 saturated carbocycles. The Bertz CT molecular complexity index is 707. The minimum Gasteiger partial charge on any atom is -0.437 e. The quantitative estimate of drug-likeness (QED) is 0.693. The van der Waals surface area contributed by atoms with Crippen LogP contribution in [0.2, 0.25) is 0 Å². The molecule has 0 aliphatic rings. The van der Waals surface area contributed by atoms with Crippen LogP contribution >= 0.6 is 40.7 Å². The second kappa shape index (κ2) is 11.3. The monoisotopic (exact) mass is 453 g/mol. The third-order valence-electron chi connectivity index (χ3n) is 3.18. The molecular weight excluding hydrogens is 436 g/mol. The van der Waals surface area contributed by atoms with Gasteiger partial charge in [0.15, 0.2) is 0 Å². The average molecular weight is 455 g/mol. The van der Waals surface area contributed by atoms with Gasteiger partial charge in [-0.15, -0.1) is 24.8 Å². The zero-order valence-electron chi connectivity index (χ0n) is 13.6. The van der Waals surface area contributed by atoms with Gasteiger partial charge in [-0.1, -0.05) is 0 Å². The van der Waals surface area contributed by atoms with Gasteiger partial charge in [0.2, 0.25) is 5.88 Å². The maximum absolute atomic E-state index is 13.1. The predicted octanol–water partition coefficient (Wildman–Crippen LogP) is 3.96. The number of likely N-dealkylation sites (N-methyl/N-ethyl adjacent to an activating group) is 1. The van der Waals surface area contributed by atoms with Crippen molar-refractivity contribution >= 4 is 46.7 Å². The van der Waals surface area contributed by atoms with Gasteiger partial charge < -0.3 is 15.4 Å². The topological polar surface area (TPSA) is 63.2 Å². The molecule has 0 fully saturated rings. The molecule has 1 aromatic carbocycles. The fourth-order valence-corrected chi connectivity index (χ4v) is 2.18. The molecule has 2 rings (SSSR count). The van der Waals surface area contributed by atoms with Gasteiger partial charge >= 0.3 is 0 Å². The standard InChI is InChI=1S/C16H17BrFN3O2.2ClH/c1-10(19-2)9-21-15(22)12-4-3-7-20-16(12)23-14-6-5-11(18)8-13(14)17;;/h3-8,10,19H,9H2,1-2H3,(H,21,22);2*1H. The van der Waals surface area contributed by atoms with Crippen molar-refractivity contribution in [2.75, 3.05) is 13.6 Å². The summed E-state index contributed by atoms with van der Waals surface area (Å²) < 4.78 is 19.2. The van der Waals surface area contributed by atoms with Gasteiger partial charge in [0, 0.05) is 18.8 Å². The molecular formula is C16H19BrCl2FN3O2. The van der Waals surface area contributed by atoms with Crippen LogP contribution in [0.4, 0.5) is 4.39 Å². The second-order valence-electron chi connectivity index (χ2n) is 4.93. The predicted molar refractivity (Wildman–Crippen MR) is 104 cm³/mol. The van der Waals surface area contributed by atoms with Crippen molar-refractivity contribution in [2.45, 2.75) is 13.0 Å². The summed E-state index contributed by atoms with van der Waals surface area (Å²) in [6.07, 6.45) is 1.53. The van der Waals surface area contributed by atoms with Gasteiger partial charge in [-0.05, 0) is 60.2 Å². The Morgan fingerprint density at radius 1 is 1.36 bits per heavy atom. The number of pyridine rings is 1. The van der Waals surface area contributed by atoms with Crippen molar-refractivity contribution < 1.29 is 13.9 Å². The lowest BCUT2D eigenvalue weighted by Gasteiger charge is -2.13. The van der Waals surface area contributed by atoms with Crippen molar-refractivity contribution in [1.82, 2.24) is 15.6 Å². The molecule has 2 aromatic rings. The summed E-state index contributed by atoms with van der Waals surface area (Å²) >= 11 is 3.22. The zero-order valence-corrected chi connectivity index (χ0v) is 16.8. The average Bonchev–Trinajstić information content (AvgIpc) is 2.55. The molecule has 0 spiro atoms. The molecule has 1 amide bonds. The number of nitrogens with zero attached hydrogens (tertiary/aromatic N) is 1. The summed E-state index contributed by atoms with van der Waals surface area (Å²) in [6.45, 7) is 2.43. The van der Waals surface area contributed by atoms with Crippen LogP contribution in [-0.2, 0) is 0 Å². The van der Waals surface area contributed by atoms with Crippen LogP contribution in [0.25, 0.3) is 0 Å². The van der Waals surface area contributed by atoms with Crippen molar-refractivity contribution in [1.29, 1.82) is 0 Å². The molecule has 0 aliphatic heterocycles. The summed E-state index contributed by atoms with van der Waals surface area (Å²) in [5.74, 6) is -0.130. The summed E-state index contributed by atoms with van der Waals surface area (Å²) in [7, 11) is 1.82. The normalized spacial score (nSPS) is 10.9. The van der Waals surface area contributed by atoms with Gasteiger partial charge in [-0.3, -0.25) is 4.79 Å². The van der Waals surface area contributed by atoms with E-state index in [0.29, 0.717) is 22.3 Å². The van der Waals surface area contributed by atoms with E-state index in [-0.39, 0.29) is 48.5 Å². The lowest BCUT2D eigenvalue weighted by atomic mass is 10.2. The van der Waals surface area contributed by atoms with Crippen molar-refractivity contribution in [2.24, 2.45) is 0 Å². The zero-order chi connectivity index (χ0) is 16.8. The Morgan fingerprint density at radius 3 is 2.72 bits per heavy atom. The molecule has 0 aliphatic carbocycles. The van der Waals surface area contributed by atoms with Crippen molar-refractivity contribution in [3.63, 3.8) is 0 Å². The Kier molecular flexibility index (Phi) is 10.6. The highest BCUT2D eigenvalue weighted by atomic mass is 79.9. The number of nitrogens with one attached hydrogen (secondary N) is 2. The van der Waals surface area contributed by atoms with Gasteiger partial charge in [0.25, 0.3) is 5.91 Å². The van der Waals surface area contributed by atoms with Crippen LogP contribution in [0.15, 0.2) is 41.0 Å². The highest BCUT2D eigenvalue weighted by Gasteiger charge is 2.15. The number of amides is 1. The number of halogens is 4. The van der Waals surface area contributed by atoms with Crippen LogP contribution in [-0.4, -0.2) is 30.5 Å². The molecule has 0 radical (unpaired) electrons. The van der Waals surface area contributed by atoms with Gasteiger partial charge in [0.05, 0.1) is 4.47 Å². The molecule has 1 unspecified atom stereocenters. The van der Waals surface area contributed by atoms with Crippen molar-refractivity contribution in [3.05, 3.63) is 52.4 Å². The number of ether oxygens (including phenoxy) is 1. The minimum absolute atomic E-state index is 0. The lowest BCUT2D eigenvalue weighted by molar-refractivity contribution is 0.0947. The first-order chi connectivity index (χ1) is 11.0. The first-order valence-corrected chi connectivity index (χ1v) is 7.84. The Hall–Kier alpha value is -1.41.